The van der Waals surface area contributed by atoms with E-state index in [4.69, 9.17) is 5.53 Å². The van der Waals surface area contributed by atoms with E-state index in [-0.39, 0.29) is 18.5 Å². The van der Waals surface area contributed by atoms with Gasteiger partial charge in [-0.05, 0) is 36.8 Å². The molecular weight excluding hydrogens is 252 g/mol. The van der Waals surface area contributed by atoms with Gasteiger partial charge in [-0.1, -0.05) is 41.9 Å². The van der Waals surface area contributed by atoms with Gasteiger partial charge in [-0.15, -0.1) is 0 Å². The Hall–Kier alpha value is -2.00. The van der Waals surface area contributed by atoms with Gasteiger partial charge in [0.1, 0.15) is 6.54 Å². The number of hydrogen-bond acceptors (Lipinski definition) is 2. The zero-order chi connectivity index (χ0) is 14.4. The van der Waals surface area contributed by atoms with Crippen molar-refractivity contribution in [2.75, 3.05) is 6.54 Å². The Morgan fingerprint density at radius 1 is 1.45 bits per heavy atom. The molecular formula is C15H20N4O. The molecule has 1 aliphatic carbocycles. The second-order valence-electron chi connectivity index (χ2n) is 5.33. The molecule has 0 heterocycles. The van der Waals surface area contributed by atoms with Crippen LogP contribution in [0.1, 0.15) is 31.7 Å². The number of carbonyl (C=O) groups is 1. The van der Waals surface area contributed by atoms with Gasteiger partial charge in [0.15, 0.2) is 0 Å². The van der Waals surface area contributed by atoms with E-state index in [0.717, 1.165) is 5.56 Å². The Kier molecular flexibility index (Phi) is 5.02. The second kappa shape index (κ2) is 6.96. The maximum Gasteiger partial charge on any atom is 0.228 e. The van der Waals surface area contributed by atoms with Crippen molar-refractivity contribution in [3.8, 4) is 0 Å². The zero-order valence-corrected chi connectivity index (χ0v) is 11.8. The maximum atomic E-state index is 12.3. The molecule has 1 atom stereocenters. The van der Waals surface area contributed by atoms with Crippen LogP contribution in [-0.4, -0.2) is 23.4 Å². The number of azide groups is 1. The summed E-state index contributed by atoms with van der Waals surface area (Å²) in [5, 5.41) is 3.41. The lowest BCUT2D eigenvalue weighted by Crippen LogP contribution is -2.45. The standard InChI is InChI=1S/C15H20N4O/c1-12(14-8-5-9-14)19(15(20)10-17-18-16)11-13-6-3-2-4-7-13/h2-4,6-7,12,14H,5,8-11H2,1H3/t12-/m0/s1. The molecule has 0 unspecified atom stereocenters. The maximum absolute atomic E-state index is 12.3. The average molecular weight is 272 g/mol. The zero-order valence-electron chi connectivity index (χ0n) is 11.8. The van der Waals surface area contributed by atoms with E-state index in [1.54, 1.807) is 0 Å². The molecule has 1 amide bonds. The highest BCUT2D eigenvalue weighted by Gasteiger charge is 2.30. The average Bonchev–Trinajstić information content (AvgIpc) is 2.41. The van der Waals surface area contributed by atoms with Crippen molar-refractivity contribution in [2.24, 2.45) is 11.0 Å². The summed E-state index contributed by atoms with van der Waals surface area (Å²) in [5.41, 5.74) is 9.48. The van der Waals surface area contributed by atoms with E-state index in [1.807, 2.05) is 35.2 Å². The van der Waals surface area contributed by atoms with Crippen LogP contribution in [0.2, 0.25) is 0 Å². The predicted octanol–water partition coefficient (Wildman–Crippen LogP) is 3.51. The first-order valence-corrected chi connectivity index (χ1v) is 7.06. The first kappa shape index (κ1) is 14.4. The molecule has 5 heteroatoms. The summed E-state index contributed by atoms with van der Waals surface area (Å²) in [5.74, 6) is 0.486. The summed E-state index contributed by atoms with van der Waals surface area (Å²) < 4.78 is 0. The highest BCUT2D eigenvalue weighted by atomic mass is 16.2. The summed E-state index contributed by atoms with van der Waals surface area (Å²) in [7, 11) is 0. The fraction of sp³-hybridized carbons (Fsp3) is 0.533. The Morgan fingerprint density at radius 2 is 2.15 bits per heavy atom. The molecule has 5 nitrogen and oxygen atoms in total. The SMILES string of the molecule is C[C@@H](C1CCC1)N(Cc1ccccc1)C(=O)CN=[N+]=[N-]. The number of benzene rings is 1. The summed E-state index contributed by atoms with van der Waals surface area (Å²) in [4.78, 5) is 16.8. The number of nitrogens with zero attached hydrogens (tertiary/aromatic N) is 4. The first-order valence-electron chi connectivity index (χ1n) is 7.06. The number of rotatable bonds is 6. The molecule has 106 valence electrons. The highest BCUT2D eigenvalue weighted by molar-refractivity contribution is 5.78. The predicted molar refractivity (Wildman–Crippen MR) is 77.8 cm³/mol. The van der Waals surface area contributed by atoms with Crippen molar-refractivity contribution in [3.05, 3.63) is 46.3 Å². The minimum atomic E-state index is -0.0968. The van der Waals surface area contributed by atoms with Gasteiger partial charge in [0.25, 0.3) is 0 Å². The summed E-state index contributed by atoms with van der Waals surface area (Å²) >= 11 is 0. The Morgan fingerprint density at radius 3 is 2.70 bits per heavy atom. The third kappa shape index (κ3) is 3.52. The fourth-order valence-corrected chi connectivity index (χ4v) is 2.60. The molecule has 0 aliphatic heterocycles. The van der Waals surface area contributed by atoms with Crippen LogP contribution >= 0.6 is 0 Å². The molecule has 0 N–H and O–H groups in total. The third-order valence-corrected chi connectivity index (χ3v) is 4.11. The van der Waals surface area contributed by atoms with Crippen LogP contribution in [0.3, 0.4) is 0 Å². The van der Waals surface area contributed by atoms with Gasteiger partial charge in [0, 0.05) is 17.5 Å². The van der Waals surface area contributed by atoms with E-state index >= 15 is 0 Å². The molecule has 1 saturated carbocycles. The molecule has 1 aromatic rings. The van der Waals surface area contributed by atoms with Gasteiger partial charge in [0.2, 0.25) is 5.91 Å². The monoisotopic (exact) mass is 272 g/mol. The van der Waals surface area contributed by atoms with E-state index in [9.17, 15) is 4.79 Å². The summed E-state index contributed by atoms with van der Waals surface area (Å²) in [6.45, 7) is 2.58. The normalized spacial score (nSPS) is 15.8. The Labute approximate surface area is 119 Å². The summed E-state index contributed by atoms with van der Waals surface area (Å²) in [6, 6.07) is 10.1. The van der Waals surface area contributed by atoms with E-state index in [2.05, 4.69) is 16.9 Å². The van der Waals surface area contributed by atoms with Crippen LogP contribution in [0.4, 0.5) is 0 Å². The number of carbonyl (C=O) groups excluding carboxylic acids is 1. The summed E-state index contributed by atoms with van der Waals surface area (Å²) in [6.07, 6.45) is 3.61. The van der Waals surface area contributed by atoms with Crippen LogP contribution in [0.25, 0.3) is 10.4 Å². The lowest BCUT2D eigenvalue weighted by Gasteiger charge is -2.39. The molecule has 1 fully saturated rings. The Balaban J connectivity index is 2.10. The molecule has 0 saturated heterocycles. The minimum Gasteiger partial charge on any atom is -0.335 e. The molecule has 0 spiro atoms. The smallest absolute Gasteiger partial charge is 0.228 e. The first-order chi connectivity index (χ1) is 9.72. The van der Waals surface area contributed by atoms with E-state index in [1.165, 1.54) is 19.3 Å². The third-order valence-electron chi connectivity index (χ3n) is 4.11. The molecule has 1 aromatic carbocycles. The van der Waals surface area contributed by atoms with Gasteiger partial charge in [-0.3, -0.25) is 4.79 Å². The van der Waals surface area contributed by atoms with E-state index in [0.29, 0.717) is 12.5 Å². The van der Waals surface area contributed by atoms with Crippen molar-refractivity contribution in [3.63, 3.8) is 0 Å². The topological polar surface area (TPSA) is 69.1 Å². The lowest BCUT2D eigenvalue weighted by molar-refractivity contribution is -0.134. The van der Waals surface area contributed by atoms with Crippen LogP contribution in [-0.2, 0) is 11.3 Å². The van der Waals surface area contributed by atoms with Gasteiger partial charge < -0.3 is 4.90 Å². The van der Waals surface area contributed by atoms with Crippen LogP contribution in [0.15, 0.2) is 35.4 Å². The molecule has 0 aromatic heterocycles. The van der Waals surface area contributed by atoms with Gasteiger partial charge in [-0.2, -0.15) is 0 Å². The van der Waals surface area contributed by atoms with Crippen molar-refractivity contribution >= 4 is 5.91 Å². The van der Waals surface area contributed by atoms with Gasteiger partial charge in [-0.25, -0.2) is 0 Å². The highest BCUT2D eigenvalue weighted by Crippen LogP contribution is 2.32. The van der Waals surface area contributed by atoms with Gasteiger partial charge >= 0.3 is 0 Å². The number of hydrogen-bond donors (Lipinski definition) is 0. The van der Waals surface area contributed by atoms with Crippen molar-refractivity contribution in [2.45, 2.75) is 38.8 Å². The quantitative estimate of drug-likeness (QED) is 0.444. The number of amides is 1. The second-order valence-corrected chi connectivity index (χ2v) is 5.33. The van der Waals surface area contributed by atoms with Crippen LogP contribution in [0, 0.1) is 5.92 Å². The van der Waals surface area contributed by atoms with Gasteiger partial charge in [0.05, 0.1) is 0 Å². The molecule has 20 heavy (non-hydrogen) atoms. The lowest BCUT2D eigenvalue weighted by atomic mass is 9.79. The minimum absolute atomic E-state index is 0.0916. The van der Waals surface area contributed by atoms with E-state index < -0.39 is 0 Å². The van der Waals surface area contributed by atoms with Crippen LogP contribution < -0.4 is 0 Å². The van der Waals surface area contributed by atoms with Crippen molar-refractivity contribution in [1.29, 1.82) is 0 Å². The van der Waals surface area contributed by atoms with Crippen molar-refractivity contribution < 1.29 is 4.79 Å². The van der Waals surface area contributed by atoms with Crippen molar-refractivity contribution in [1.82, 2.24) is 4.90 Å². The molecule has 2 rings (SSSR count). The largest absolute Gasteiger partial charge is 0.335 e. The molecule has 0 bridgehead atoms. The van der Waals surface area contributed by atoms with Crippen LogP contribution in [0.5, 0.6) is 0 Å². The fourth-order valence-electron chi connectivity index (χ4n) is 2.60. The Bertz CT molecular complexity index is 492. The molecule has 0 radical (unpaired) electrons. The molecule has 1 aliphatic rings.